The van der Waals surface area contributed by atoms with Crippen molar-refractivity contribution in [2.45, 2.75) is 47.0 Å². The van der Waals surface area contributed by atoms with Gasteiger partial charge in [-0.1, -0.05) is 33.6 Å². The quantitative estimate of drug-likeness (QED) is 0.596. The molecule has 0 spiro atoms. The van der Waals surface area contributed by atoms with Crippen molar-refractivity contribution in [2.24, 2.45) is 11.8 Å². The van der Waals surface area contributed by atoms with Gasteiger partial charge >= 0.3 is 5.97 Å². The molecule has 0 heterocycles. The van der Waals surface area contributed by atoms with Crippen molar-refractivity contribution in [1.82, 2.24) is 0 Å². The largest absolute Gasteiger partial charge is 0.466 e. The standard InChI is InChI=1S/C11H22O2/c1-5-9(2)6-7-10(3)8-13-11(4)12/h9-10H,5-8H2,1-4H3. The van der Waals surface area contributed by atoms with E-state index in [-0.39, 0.29) is 5.97 Å². The summed E-state index contributed by atoms with van der Waals surface area (Å²) >= 11 is 0. The van der Waals surface area contributed by atoms with Crippen LogP contribution < -0.4 is 0 Å². The maximum Gasteiger partial charge on any atom is 0.302 e. The molecule has 78 valence electrons. The Balaban J connectivity index is 3.39. The van der Waals surface area contributed by atoms with Gasteiger partial charge in [-0.15, -0.1) is 0 Å². The Labute approximate surface area is 81.7 Å². The fourth-order valence-corrected chi connectivity index (χ4v) is 1.12. The molecule has 0 saturated carbocycles. The van der Waals surface area contributed by atoms with E-state index < -0.39 is 0 Å². The van der Waals surface area contributed by atoms with E-state index in [1.54, 1.807) is 0 Å². The number of hydrogen-bond acceptors (Lipinski definition) is 2. The molecule has 2 nitrogen and oxygen atoms in total. The number of hydrogen-bond donors (Lipinski definition) is 0. The number of ether oxygens (including phenoxy) is 1. The van der Waals surface area contributed by atoms with E-state index in [1.165, 1.54) is 19.8 Å². The molecule has 0 aliphatic heterocycles. The topological polar surface area (TPSA) is 26.3 Å². The normalized spacial score (nSPS) is 15.1. The third-order valence-corrected chi connectivity index (χ3v) is 2.42. The summed E-state index contributed by atoms with van der Waals surface area (Å²) in [4.78, 5) is 10.5. The summed E-state index contributed by atoms with van der Waals surface area (Å²) in [7, 11) is 0. The molecule has 0 aromatic rings. The highest BCUT2D eigenvalue weighted by molar-refractivity contribution is 5.65. The van der Waals surface area contributed by atoms with Crippen LogP contribution in [-0.2, 0) is 9.53 Å². The van der Waals surface area contributed by atoms with E-state index in [1.807, 2.05) is 0 Å². The third kappa shape index (κ3) is 7.82. The van der Waals surface area contributed by atoms with Crippen molar-refractivity contribution in [3.8, 4) is 0 Å². The molecule has 0 radical (unpaired) electrons. The maximum absolute atomic E-state index is 10.5. The molecule has 0 N–H and O–H groups in total. The summed E-state index contributed by atoms with van der Waals surface area (Å²) in [6.07, 6.45) is 3.63. The first-order valence-electron chi connectivity index (χ1n) is 5.19. The first-order chi connectivity index (χ1) is 6.06. The van der Waals surface area contributed by atoms with E-state index in [4.69, 9.17) is 4.74 Å². The van der Waals surface area contributed by atoms with E-state index in [0.29, 0.717) is 12.5 Å². The van der Waals surface area contributed by atoms with Crippen LogP contribution in [0.4, 0.5) is 0 Å². The van der Waals surface area contributed by atoms with E-state index >= 15 is 0 Å². The van der Waals surface area contributed by atoms with Gasteiger partial charge in [-0.25, -0.2) is 0 Å². The van der Waals surface area contributed by atoms with Crippen LogP contribution in [0.3, 0.4) is 0 Å². The number of rotatable bonds is 6. The average molecular weight is 186 g/mol. The Morgan fingerprint density at radius 3 is 2.23 bits per heavy atom. The predicted molar refractivity (Wildman–Crippen MR) is 54.5 cm³/mol. The Morgan fingerprint density at radius 2 is 1.77 bits per heavy atom. The van der Waals surface area contributed by atoms with Gasteiger partial charge in [0.25, 0.3) is 0 Å². The summed E-state index contributed by atoms with van der Waals surface area (Å²) in [5.41, 5.74) is 0. The SMILES string of the molecule is CCC(C)CCC(C)COC(C)=O. The van der Waals surface area contributed by atoms with E-state index in [2.05, 4.69) is 20.8 Å². The molecular formula is C11H22O2. The zero-order valence-electron chi connectivity index (χ0n) is 9.30. The van der Waals surface area contributed by atoms with Gasteiger partial charge in [0.15, 0.2) is 0 Å². The minimum Gasteiger partial charge on any atom is -0.466 e. The fourth-order valence-electron chi connectivity index (χ4n) is 1.12. The lowest BCUT2D eigenvalue weighted by molar-refractivity contribution is -0.142. The first-order valence-corrected chi connectivity index (χ1v) is 5.19. The van der Waals surface area contributed by atoms with Crippen LogP contribution in [0.15, 0.2) is 0 Å². The fraction of sp³-hybridized carbons (Fsp3) is 0.909. The highest BCUT2D eigenvalue weighted by Gasteiger charge is 2.06. The van der Waals surface area contributed by atoms with Gasteiger partial charge in [0.1, 0.15) is 0 Å². The van der Waals surface area contributed by atoms with Crippen molar-refractivity contribution in [2.75, 3.05) is 6.61 Å². The minimum absolute atomic E-state index is 0.171. The molecule has 0 aliphatic rings. The Hall–Kier alpha value is -0.530. The van der Waals surface area contributed by atoms with Gasteiger partial charge in [-0.3, -0.25) is 4.79 Å². The molecule has 13 heavy (non-hydrogen) atoms. The molecule has 0 aliphatic carbocycles. The Morgan fingerprint density at radius 1 is 1.23 bits per heavy atom. The lowest BCUT2D eigenvalue weighted by Crippen LogP contribution is -2.10. The minimum atomic E-state index is -0.171. The Bertz CT molecular complexity index is 143. The number of esters is 1. The van der Waals surface area contributed by atoms with Crippen LogP contribution in [0.2, 0.25) is 0 Å². The van der Waals surface area contributed by atoms with Crippen LogP contribution in [-0.4, -0.2) is 12.6 Å². The van der Waals surface area contributed by atoms with E-state index in [0.717, 1.165) is 12.3 Å². The van der Waals surface area contributed by atoms with Gasteiger partial charge in [-0.05, 0) is 18.3 Å². The summed E-state index contributed by atoms with van der Waals surface area (Å²) in [6.45, 7) is 8.64. The van der Waals surface area contributed by atoms with Gasteiger partial charge in [-0.2, -0.15) is 0 Å². The van der Waals surface area contributed by atoms with Crippen molar-refractivity contribution < 1.29 is 9.53 Å². The zero-order chi connectivity index (χ0) is 10.3. The highest BCUT2D eigenvalue weighted by Crippen LogP contribution is 2.14. The lowest BCUT2D eigenvalue weighted by atomic mass is 9.97. The first kappa shape index (κ1) is 12.5. The summed E-state index contributed by atoms with van der Waals surface area (Å²) < 4.78 is 4.93. The molecule has 0 aromatic carbocycles. The summed E-state index contributed by atoms with van der Waals surface area (Å²) in [5.74, 6) is 1.12. The smallest absolute Gasteiger partial charge is 0.302 e. The average Bonchev–Trinajstić information content (AvgIpc) is 2.10. The van der Waals surface area contributed by atoms with Crippen molar-refractivity contribution in [3.63, 3.8) is 0 Å². The summed E-state index contributed by atoms with van der Waals surface area (Å²) in [6, 6.07) is 0. The molecule has 0 rings (SSSR count). The third-order valence-electron chi connectivity index (χ3n) is 2.42. The second-order valence-corrected chi connectivity index (χ2v) is 4.00. The van der Waals surface area contributed by atoms with E-state index in [9.17, 15) is 4.79 Å². The molecule has 0 aromatic heterocycles. The summed E-state index contributed by atoms with van der Waals surface area (Å²) in [5, 5.41) is 0. The van der Waals surface area contributed by atoms with Crippen molar-refractivity contribution >= 4 is 5.97 Å². The number of carbonyl (C=O) groups excluding carboxylic acids is 1. The maximum atomic E-state index is 10.5. The molecule has 2 unspecified atom stereocenters. The Kier molecular flexibility index (Phi) is 6.65. The van der Waals surface area contributed by atoms with Crippen LogP contribution in [0.5, 0.6) is 0 Å². The predicted octanol–water partition coefficient (Wildman–Crippen LogP) is 3.01. The number of carbonyl (C=O) groups is 1. The van der Waals surface area contributed by atoms with Crippen LogP contribution in [0.1, 0.15) is 47.0 Å². The molecular weight excluding hydrogens is 164 g/mol. The molecule has 2 atom stereocenters. The molecule has 0 fully saturated rings. The van der Waals surface area contributed by atoms with Gasteiger partial charge < -0.3 is 4.74 Å². The lowest BCUT2D eigenvalue weighted by Gasteiger charge is -2.13. The molecule has 2 heteroatoms. The second-order valence-electron chi connectivity index (χ2n) is 4.00. The van der Waals surface area contributed by atoms with Crippen LogP contribution in [0.25, 0.3) is 0 Å². The van der Waals surface area contributed by atoms with Gasteiger partial charge in [0.05, 0.1) is 6.61 Å². The monoisotopic (exact) mass is 186 g/mol. The molecule has 0 saturated heterocycles. The zero-order valence-corrected chi connectivity index (χ0v) is 9.30. The molecule has 0 amide bonds. The van der Waals surface area contributed by atoms with Crippen LogP contribution >= 0.6 is 0 Å². The van der Waals surface area contributed by atoms with Gasteiger partial charge in [0.2, 0.25) is 0 Å². The second kappa shape index (κ2) is 6.93. The van der Waals surface area contributed by atoms with Crippen molar-refractivity contribution in [3.05, 3.63) is 0 Å². The van der Waals surface area contributed by atoms with Crippen molar-refractivity contribution in [1.29, 1.82) is 0 Å². The molecule has 0 bridgehead atoms. The van der Waals surface area contributed by atoms with Crippen LogP contribution in [0, 0.1) is 11.8 Å². The highest BCUT2D eigenvalue weighted by atomic mass is 16.5. The van der Waals surface area contributed by atoms with Gasteiger partial charge in [0, 0.05) is 6.92 Å².